The molecule has 2 rings (SSSR count). The minimum absolute atomic E-state index is 0.159. The van der Waals surface area contributed by atoms with Crippen LogP contribution in [0.1, 0.15) is 51.8 Å². The number of ether oxygens (including phenoxy) is 1. The third kappa shape index (κ3) is 4.30. The number of nitrogens with one attached hydrogen (secondary N) is 1. The predicted molar refractivity (Wildman–Crippen MR) is 82.0 cm³/mol. The molecular weight excluding hydrogens is 266 g/mol. The van der Waals surface area contributed by atoms with E-state index in [1.54, 1.807) is 0 Å². The molecule has 0 aliphatic heterocycles. The van der Waals surface area contributed by atoms with Crippen molar-refractivity contribution in [2.45, 2.75) is 70.5 Å². The zero-order valence-corrected chi connectivity index (χ0v) is 13.4. The van der Waals surface area contributed by atoms with Crippen LogP contribution in [0.15, 0.2) is 12.4 Å². The first kappa shape index (κ1) is 16.0. The number of hydrogen-bond acceptors (Lipinski definition) is 4. The van der Waals surface area contributed by atoms with Crippen LogP contribution in [0, 0.1) is 0 Å². The molecule has 1 aliphatic carbocycles. The summed E-state index contributed by atoms with van der Waals surface area (Å²) in [5, 5.41) is 3.44. The largest absolute Gasteiger partial charge is 0.468 e. The molecule has 5 heteroatoms. The van der Waals surface area contributed by atoms with E-state index in [-0.39, 0.29) is 5.97 Å². The maximum atomic E-state index is 12.1. The molecule has 1 fully saturated rings. The lowest BCUT2D eigenvalue weighted by molar-refractivity contribution is -0.148. The third-order valence-electron chi connectivity index (χ3n) is 4.09. The van der Waals surface area contributed by atoms with Gasteiger partial charge in [0.15, 0.2) is 0 Å². The average Bonchev–Trinajstić information content (AvgIpc) is 3.17. The van der Waals surface area contributed by atoms with Gasteiger partial charge in [0.2, 0.25) is 0 Å². The summed E-state index contributed by atoms with van der Waals surface area (Å²) in [7, 11) is 1.46. The molecular formula is C16H27N3O2. The topological polar surface area (TPSA) is 56.2 Å². The van der Waals surface area contributed by atoms with Gasteiger partial charge in [-0.15, -0.1) is 0 Å². The Kier molecular flexibility index (Phi) is 5.39. The average molecular weight is 293 g/mol. The summed E-state index contributed by atoms with van der Waals surface area (Å²) in [5.74, 6) is 0.973. The number of carbonyl (C=O) groups excluding carboxylic acids is 1. The quantitative estimate of drug-likeness (QED) is 0.710. The van der Waals surface area contributed by atoms with E-state index in [0.717, 1.165) is 50.9 Å². The van der Waals surface area contributed by atoms with Gasteiger partial charge in [0.1, 0.15) is 11.4 Å². The van der Waals surface area contributed by atoms with Gasteiger partial charge in [-0.05, 0) is 39.0 Å². The molecule has 1 aromatic rings. The number of nitrogens with zero attached hydrogens (tertiary/aromatic N) is 2. The van der Waals surface area contributed by atoms with Crippen molar-refractivity contribution in [3.63, 3.8) is 0 Å². The lowest BCUT2D eigenvalue weighted by Crippen LogP contribution is -2.51. The zero-order valence-electron chi connectivity index (χ0n) is 13.4. The standard InChI is InChI=1S/C16H27N3O2/c1-4-6-14-17-10-12-19(14)11-5-9-16(2,15(20)21-3)18-13-7-8-13/h10,12-13,18H,4-9,11H2,1-3H3. The van der Waals surface area contributed by atoms with Crippen LogP contribution in [0.4, 0.5) is 0 Å². The highest BCUT2D eigenvalue weighted by atomic mass is 16.5. The highest BCUT2D eigenvalue weighted by molar-refractivity contribution is 5.80. The van der Waals surface area contributed by atoms with E-state index in [0.29, 0.717) is 6.04 Å². The first-order chi connectivity index (χ1) is 10.1. The smallest absolute Gasteiger partial charge is 0.325 e. The van der Waals surface area contributed by atoms with Crippen LogP contribution in [0.2, 0.25) is 0 Å². The first-order valence-electron chi connectivity index (χ1n) is 7.95. The van der Waals surface area contributed by atoms with Gasteiger partial charge in [-0.2, -0.15) is 0 Å². The number of rotatable bonds is 9. The normalized spacial score (nSPS) is 17.5. The monoisotopic (exact) mass is 293 g/mol. The molecule has 0 spiro atoms. The predicted octanol–water partition coefficient (Wildman–Crippen LogP) is 2.30. The number of esters is 1. The van der Waals surface area contributed by atoms with Gasteiger partial charge in [-0.3, -0.25) is 10.1 Å². The summed E-state index contributed by atoms with van der Waals surface area (Å²) in [6.07, 6.45) is 10.0. The van der Waals surface area contributed by atoms with Crippen LogP contribution < -0.4 is 5.32 Å². The number of carbonyl (C=O) groups is 1. The van der Waals surface area contributed by atoms with Crippen LogP contribution in [0.25, 0.3) is 0 Å². The molecule has 1 aromatic heterocycles. The van der Waals surface area contributed by atoms with E-state index >= 15 is 0 Å². The molecule has 21 heavy (non-hydrogen) atoms. The van der Waals surface area contributed by atoms with E-state index < -0.39 is 5.54 Å². The van der Waals surface area contributed by atoms with E-state index in [1.807, 2.05) is 19.3 Å². The summed E-state index contributed by atoms with van der Waals surface area (Å²) in [6, 6.07) is 0.484. The molecule has 1 unspecified atom stereocenters. The van der Waals surface area contributed by atoms with Crippen molar-refractivity contribution < 1.29 is 9.53 Å². The molecule has 0 aromatic carbocycles. The van der Waals surface area contributed by atoms with Crippen LogP contribution in [-0.2, 0) is 22.5 Å². The lowest BCUT2D eigenvalue weighted by Gasteiger charge is -2.28. The summed E-state index contributed by atoms with van der Waals surface area (Å²) in [5.41, 5.74) is -0.568. The number of hydrogen-bond donors (Lipinski definition) is 1. The Hall–Kier alpha value is -1.36. The highest BCUT2D eigenvalue weighted by Gasteiger charge is 2.38. The SMILES string of the molecule is CCCc1nccn1CCCC(C)(NC1CC1)C(=O)OC. The van der Waals surface area contributed by atoms with Crippen molar-refractivity contribution in [3.05, 3.63) is 18.2 Å². The van der Waals surface area contributed by atoms with Crippen molar-refractivity contribution in [2.24, 2.45) is 0 Å². The number of aromatic nitrogens is 2. The van der Waals surface area contributed by atoms with Gasteiger partial charge in [-0.25, -0.2) is 4.98 Å². The second-order valence-electron chi connectivity index (χ2n) is 6.13. The van der Waals surface area contributed by atoms with Gasteiger partial charge in [0.05, 0.1) is 7.11 Å². The van der Waals surface area contributed by atoms with Crippen molar-refractivity contribution in [3.8, 4) is 0 Å². The Morgan fingerprint density at radius 2 is 2.33 bits per heavy atom. The Balaban J connectivity index is 1.89. The second-order valence-corrected chi connectivity index (χ2v) is 6.13. The third-order valence-corrected chi connectivity index (χ3v) is 4.09. The van der Waals surface area contributed by atoms with Crippen molar-refractivity contribution in [1.29, 1.82) is 0 Å². The molecule has 0 amide bonds. The van der Waals surface area contributed by atoms with Crippen LogP contribution in [0.5, 0.6) is 0 Å². The van der Waals surface area contributed by atoms with Crippen LogP contribution >= 0.6 is 0 Å². The van der Waals surface area contributed by atoms with Crippen molar-refractivity contribution in [1.82, 2.24) is 14.9 Å². The van der Waals surface area contributed by atoms with Crippen LogP contribution in [0.3, 0.4) is 0 Å². The molecule has 118 valence electrons. The second kappa shape index (κ2) is 7.07. The molecule has 0 bridgehead atoms. The van der Waals surface area contributed by atoms with Crippen LogP contribution in [-0.4, -0.2) is 34.2 Å². The van der Waals surface area contributed by atoms with E-state index in [2.05, 4.69) is 21.8 Å². The van der Waals surface area contributed by atoms with Gasteiger partial charge < -0.3 is 9.30 Å². The van der Waals surface area contributed by atoms with Gasteiger partial charge in [-0.1, -0.05) is 6.92 Å². The number of aryl methyl sites for hydroxylation is 2. The first-order valence-corrected chi connectivity index (χ1v) is 7.95. The van der Waals surface area contributed by atoms with Gasteiger partial charge in [0, 0.05) is 31.4 Å². The summed E-state index contributed by atoms with van der Waals surface area (Å²) in [4.78, 5) is 16.4. The summed E-state index contributed by atoms with van der Waals surface area (Å²) >= 11 is 0. The van der Waals surface area contributed by atoms with E-state index in [9.17, 15) is 4.79 Å². The minimum atomic E-state index is -0.568. The fourth-order valence-electron chi connectivity index (χ4n) is 2.73. The molecule has 0 radical (unpaired) electrons. The molecule has 1 aliphatic rings. The van der Waals surface area contributed by atoms with E-state index in [4.69, 9.17) is 4.74 Å². The lowest BCUT2D eigenvalue weighted by atomic mass is 9.95. The molecule has 0 saturated heterocycles. The number of methoxy groups -OCH3 is 1. The van der Waals surface area contributed by atoms with Crippen molar-refractivity contribution >= 4 is 5.97 Å². The molecule has 5 nitrogen and oxygen atoms in total. The molecule has 1 N–H and O–H groups in total. The Labute approximate surface area is 127 Å². The molecule has 1 saturated carbocycles. The molecule has 1 atom stereocenters. The Morgan fingerprint density at radius 3 is 2.95 bits per heavy atom. The zero-order chi connectivity index (χ0) is 15.3. The van der Waals surface area contributed by atoms with E-state index in [1.165, 1.54) is 7.11 Å². The molecule has 1 heterocycles. The van der Waals surface area contributed by atoms with Crippen molar-refractivity contribution in [2.75, 3.05) is 7.11 Å². The maximum Gasteiger partial charge on any atom is 0.325 e. The minimum Gasteiger partial charge on any atom is -0.468 e. The fraction of sp³-hybridized carbons (Fsp3) is 0.750. The number of imidazole rings is 1. The summed E-state index contributed by atoms with van der Waals surface area (Å²) in [6.45, 7) is 5.01. The Bertz CT molecular complexity index is 468. The van der Waals surface area contributed by atoms with Gasteiger partial charge >= 0.3 is 5.97 Å². The maximum absolute atomic E-state index is 12.1. The van der Waals surface area contributed by atoms with Gasteiger partial charge in [0.25, 0.3) is 0 Å². The highest BCUT2D eigenvalue weighted by Crippen LogP contribution is 2.26. The summed E-state index contributed by atoms with van der Waals surface area (Å²) < 4.78 is 7.17. The Morgan fingerprint density at radius 1 is 1.57 bits per heavy atom. The fourth-order valence-corrected chi connectivity index (χ4v) is 2.73.